The van der Waals surface area contributed by atoms with Crippen LogP contribution in [0.25, 0.3) is 11.5 Å². The largest absolute Gasteiger partial charge is 0.481 e. The summed E-state index contributed by atoms with van der Waals surface area (Å²) < 4.78 is 17.0. The molecule has 0 unspecified atom stereocenters. The van der Waals surface area contributed by atoms with Gasteiger partial charge in [0, 0.05) is 12.6 Å². The summed E-state index contributed by atoms with van der Waals surface area (Å²) >= 11 is 0. The number of rotatable bonds is 7. The number of amides is 1. The molecule has 3 N–H and O–H groups in total. The minimum Gasteiger partial charge on any atom is -0.481 e. The Morgan fingerprint density at radius 2 is 1.93 bits per heavy atom. The van der Waals surface area contributed by atoms with Gasteiger partial charge in [-0.1, -0.05) is 0 Å². The molecule has 0 aromatic carbocycles. The molecule has 0 radical (unpaired) electrons. The number of hydrogen-bond donors (Lipinski definition) is 3. The highest BCUT2D eigenvalue weighted by Crippen LogP contribution is 2.29. The van der Waals surface area contributed by atoms with Crippen LogP contribution in [0.5, 0.6) is 0 Å². The zero-order valence-corrected chi connectivity index (χ0v) is 14.9. The summed E-state index contributed by atoms with van der Waals surface area (Å²) in [5.41, 5.74) is 0.661. The predicted octanol–water partition coefficient (Wildman–Crippen LogP) is 0.664. The Bertz CT molecular complexity index is 842. The molecule has 0 spiro atoms. The van der Waals surface area contributed by atoms with E-state index in [2.05, 4.69) is 20.6 Å². The van der Waals surface area contributed by atoms with E-state index in [9.17, 15) is 9.59 Å². The standard InChI is InChI=1S/C18H20N4O6/c23-14(3-4-15(24)25)20-11-8-27-17-12(9-28-16(11)17)22-18-19-6-5-10(21-18)13-2-1-7-26-13/h1-2,5-7,11-12,16-17H,3-4,8-9H2,(H,20,23)(H,24,25)(H,19,21,22)/t11-,12-,16+,17+/m0/s1. The Hall–Kier alpha value is -2.98. The van der Waals surface area contributed by atoms with Gasteiger partial charge in [-0.25, -0.2) is 9.97 Å². The molecule has 10 heteroatoms. The lowest BCUT2D eigenvalue weighted by Crippen LogP contribution is -2.44. The first kappa shape index (κ1) is 18.4. The van der Waals surface area contributed by atoms with Crippen molar-refractivity contribution < 1.29 is 28.6 Å². The molecule has 2 aliphatic heterocycles. The number of carboxylic acids is 1. The summed E-state index contributed by atoms with van der Waals surface area (Å²) in [6.45, 7) is 0.685. The van der Waals surface area contributed by atoms with Crippen LogP contribution in [0.1, 0.15) is 12.8 Å². The van der Waals surface area contributed by atoms with Gasteiger partial charge < -0.3 is 29.6 Å². The Labute approximate surface area is 160 Å². The average molecular weight is 388 g/mol. The molecule has 0 bridgehead atoms. The van der Waals surface area contributed by atoms with Crippen molar-refractivity contribution in [2.45, 2.75) is 37.1 Å². The van der Waals surface area contributed by atoms with Crippen LogP contribution in [0, 0.1) is 0 Å². The van der Waals surface area contributed by atoms with E-state index in [4.69, 9.17) is 19.0 Å². The van der Waals surface area contributed by atoms with E-state index < -0.39 is 5.97 Å². The summed E-state index contributed by atoms with van der Waals surface area (Å²) in [7, 11) is 0. The summed E-state index contributed by atoms with van der Waals surface area (Å²) in [4.78, 5) is 31.2. The number of hydrogen-bond acceptors (Lipinski definition) is 8. The molecule has 2 saturated heterocycles. The Balaban J connectivity index is 1.35. The maximum atomic E-state index is 11.9. The Morgan fingerprint density at radius 1 is 1.14 bits per heavy atom. The van der Waals surface area contributed by atoms with Crippen molar-refractivity contribution in [1.82, 2.24) is 15.3 Å². The molecule has 0 saturated carbocycles. The fraction of sp³-hybridized carbons (Fsp3) is 0.444. The van der Waals surface area contributed by atoms with Gasteiger partial charge in [0.1, 0.15) is 17.9 Å². The zero-order valence-electron chi connectivity index (χ0n) is 14.9. The second kappa shape index (κ2) is 7.95. The predicted molar refractivity (Wildman–Crippen MR) is 95.4 cm³/mol. The molecule has 2 aromatic rings. The molecule has 2 fully saturated rings. The normalized spacial score (nSPS) is 26.0. The maximum absolute atomic E-state index is 11.9. The van der Waals surface area contributed by atoms with E-state index in [1.54, 1.807) is 24.6 Å². The number of aromatic nitrogens is 2. The van der Waals surface area contributed by atoms with E-state index in [1.807, 2.05) is 6.07 Å². The van der Waals surface area contributed by atoms with E-state index in [0.29, 0.717) is 30.6 Å². The van der Waals surface area contributed by atoms with E-state index in [-0.39, 0.29) is 43.0 Å². The second-order valence-electron chi connectivity index (χ2n) is 6.66. The summed E-state index contributed by atoms with van der Waals surface area (Å²) in [6.07, 6.45) is 2.37. The Morgan fingerprint density at radius 3 is 2.68 bits per heavy atom. The minimum atomic E-state index is -1.01. The quantitative estimate of drug-likeness (QED) is 0.625. The van der Waals surface area contributed by atoms with Crippen molar-refractivity contribution in [3.8, 4) is 11.5 Å². The fourth-order valence-corrected chi connectivity index (χ4v) is 3.40. The van der Waals surface area contributed by atoms with Gasteiger partial charge in [0.05, 0.1) is 38.0 Å². The fourth-order valence-electron chi connectivity index (χ4n) is 3.40. The van der Waals surface area contributed by atoms with Gasteiger partial charge >= 0.3 is 5.97 Å². The first-order chi connectivity index (χ1) is 13.6. The third-order valence-electron chi connectivity index (χ3n) is 4.71. The lowest BCUT2D eigenvalue weighted by Gasteiger charge is -2.18. The maximum Gasteiger partial charge on any atom is 0.303 e. The number of aliphatic carboxylic acids is 1. The van der Waals surface area contributed by atoms with Crippen molar-refractivity contribution in [1.29, 1.82) is 0 Å². The summed E-state index contributed by atoms with van der Waals surface area (Å²) in [5, 5.41) is 14.7. The van der Waals surface area contributed by atoms with Gasteiger partial charge in [-0.15, -0.1) is 0 Å². The zero-order chi connectivity index (χ0) is 19.5. The van der Waals surface area contributed by atoms with Crippen molar-refractivity contribution in [3.63, 3.8) is 0 Å². The molecule has 2 aliphatic rings. The van der Waals surface area contributed by atoms with Crippen LogP contribution < -0.4 is 10.6 Å². The van der Waals surface area contributed by atoms with Crippen LogP contribution >= 0.6 is 0 Å². The van der Waals surface area contributed by atoms with Crippen molar-refractivity contribution >= 4 is 17.8 Å². The third kappa shape index (κ3) is 3.97. The average Bonchev–Trinajstić information content (AvgIpc) is 3.41. The van der Waals surface area contributed by atoms with E-state index >= 15 is 0 Å². The molecule has 4 atom stereocenters. The number of anilines is 1. The molecular formula is C18H20N4O6. The molecule has 10 nitrogen and oxygen atoms in total. The third-order valence-corrected chi connectivity index (χ3v) is 4.71. The number of carbonyl (C=O) groups excluding carboxylic acids is 1. The van der Waals surface area contributed by atoms with Gasteiger partial charge in [0.2, 0.25) is 11.9 Å². The topological polar surface area (TPSA) is 136 Å². The van der Waals surface area contributed by atoms with Crippen molar-refractivity contribution in [2.75, 3.05) is 18.5 Å². The molecule has 4 rings (SSSR count). The highest BCUT2D eigenvalue weighted by molar-refractivity contribution is 5.80. The van der Waals surface area contributed by atoms with Crippen LogP contribution in [-0.4, -0.2) is 64.5 Å². The van der Waals surface area contributed by atoms with E-state index in [0.717, 1.165) is 0 Å². The van der Waals surface area contributed by atoms with Gasteiger partial charge in [-0.3, -0.25) is 9.59 Å². The summed E-state index contributed by atoms with van der Waals surface area (Å²) in [6, 6.07) is 4.88. The molecule has 0 aliphatic carbocycles. The number of carbonyl (C=O) groups is 2. The van der Waals surface area contributed by atoms with Gasteiger partial charge in [-0.05, 0) is 18.2 Å². The molecule has 28 heavy (non-hydrogen) atoms. The molecule has 1 amide bonds. The van der Waals surface area contributed by atoms with E-state index in [1.165, 1.54) is 0 Å². The number of nitrogens with one attached hydrogen (secondary N) is 2. The molecule has 4 heterocycles. The highest BCUT2D eigenvalue weighted by atomic mass is 16.6. The second-order valence-corrected chi connectivity index (χ2v) is 6.66. The number of ether oxygens (including phenoxy) is 2. The van der Waals surface area contributed by atoms with Crippen molar-refractivity contribution in [3.05, 3.63) is 30.7 Å². The van der Waals surface area contributed by atoms with Crippen LogP contribution in [-0.2, 0) is 19.1 Å². The number of fused-ring (bicyclic) bond motifs is 1. The Kier molecular flexibility index (Phi) is 5.22. The number of nitrogens with zero attached hydrogens (tertiary/aromatic N) is 2. The number of furan rings is 1. The lowest BCUT2D eigenvalue weighted by atomic mass is 10.1. The molecule has 148 valence electrons. The van der Waals surface area contributed by atoms with Crippen LogP contribution in [0.4, 0.5) is 5.95 Å². The summed E-state index contributed by atoms with van der Waals surface area (Å²) in [5.74, 6) is -0.257. The number of carboxylic acid groups (broad SMARTS) is 1. The minimum absolute atomic E-state index is 0.0711. The lowest BCUT2D eigenvalue weighted by molar-refractivity contribution is -0.139. The molecule has 2 aromatic heterocycles. The van der Waals surface area contributed by atoms with Crippen LogP contribution in [0.15, 0.2) is 35.1 Å². The van der Waals surface area contributed by atoms with Gasteiger partial charge in [0.25, 0.3) is 0 Å². The monoisotopic (exact) mass is 388 g/mol. The van der Waals surface area contributed by atoms with Crippen LogP contribution in [0.3, 0.4) is 0 Å². The molecular weight excluding hydrogens is 368 g/mol. The van der Waals surface area contributed by atoms with Gasteiger partial charge in [-0.2, -0.15) is 0 Å². The smallest absolute Gasteiger partial charge is 0.303 e. The van der Waals surface area contributed by atoms with Crippen LogP contribution in [0.2, 0.25) is 0 Å². The van der Waals surface area contributed by atoms with Crippen molar-refractivity contribution in [2.24, 2.45) is 0 Å². The first-order valence-corrected chi connectivity index (χ1v) is 8.98. The highest BCUT2D eigenvalue weighted by Gasteiger charge is 2.48. The first-order valence-electron chi connectivity index (χ1n) is 8.98. The SMILES string of the molecule is O=C(O)CCC(=O)N[C@H]1CO[C@H]2[C@@H]1OC[C@@H]2Nc1nccc(-c2ccco2)n1. The van der Waals surface area contributed by atoms with Gasteiger partial charge in [0.15, 0.2) is 5.76 Å².